The summed E-state index contributed by atoms with van der Waals surface area (Å²) in [6.45, 7) is 4.43. The van der Waals surface area contributed by atoms with E-state index in [-0.39, 0.29) is 6.61 Å². The van der Waals surface area contributed by atoms with Gasteiger partial charge in [0.1, 0.15) is 0 Å². The molecule has 0 aromatic heterocycles. The molecule has 5 heteroatoms. The summed E-state index contributed by atoms with van der Waals surface area (Å²) in [5.41, 5.74) is 4.79. The van der Waals surface area contributed by atoms with E-state index in [4.69, 9.17) is 5.73 Å². The van der Waals surface area contributed by atoms with Crippen LogP contribution in [-0.4, -0.2) is 36.6 Å². The molecule has 0 aliphatic heterocycles. The first-order chi connectivity index (χ1) is 5.61. The smallest absolute Gasteiger partial charge is 0.410 e. The van der Waals surface area contributed by atoms with Gasteiger partial charge in [-0.15, -0.1) is 0 Å². The Morgan fingerprint density at radius 1 is 1.33 bits per heavy atom. The van der Waals surface area contributed by atoms with Crippen molar-refractivity contribution in [2.24, 2.45) is 5.73 Å². The second-order valence-corrected chi connectivity index (χ2v) is 2.19. The minimum Gasteiger partial charge on any atom is -0.439 e. The summed E-state index contributed by atoms with van der Waals surface area (Å²) in [5.74, 6) is -0.643. The predicted molar refractivity (Wildman–Crippen MR) is 43.5 cm³/mol. The van der Waals surface area contributed by atoms with E-state index in [1.54, 1.807) is 0 Å². The lowest BCUT2D eigenvalue weighted by atomic mass is 10.5. The van der Waals surface area contributed by atoms with Crippen molar-refractivity contribution in [3.8, 4) is 0 Å². The van der Waals surface area contributed by atoms with Gasteiger partial charge in [0.05, 0.1) is 0 Å². The van der Waals surface area contributed by atoms with Crippen molar-refractivity contribution in [2.75, 3.05) is 19.7 Å². The number of hydrogen-bond donors (Lipinski definition) is 1. The first kappa shape index (κ1) is 10.7. The molecule has 70 valence electrons. The SMILES string of the molecule is CCN(CC)C(=O)OCC(N)=O. The fourth-order valence-corrected chi connectivity index (χ4v) is 0.706. The molecule has 0 spiro atoms. The fourth-order valence-electron chi connectivity index (χ4n) is 0.706. The molecule has 5 nitrogen and oxygen atoms in total. The van der Waals surface area contributed by atoms with Crippen molar-refractivity contribution in [3.05, 3.63) is 0 Å². The molecule has 0 bridgehead atoms. The Morgan fingerprint density at radius 2 is 1.83 bits per heavy atom. The lowest BCUT2D eigenvalue weighted by Gasteiger charge is -2.17. The lowest BCUT2D eigenvalue weighted by Crippen LogP contribution is -2.33. The van der Waals surface area contributed by atoms with Crippen LogP contribution in [-0.2, 0) is 9.53 Å². The van der Waals surface area contributed by atoms with Gasteiger partial charge < -0.3 is 15.4 Å². The molecule has 2 amide bonds. The molecule has 0 radical (unpaired) electrons. The Bertz CT molecular complexity index is 166. The maximum absolute atomic E-state index is 11.0. The van der Waals surface area contributed by atoms with E-state index in [9.17, 15) is 9.59 Å². The van der Waals surface area contributed by atoms with Crippen LogP contribution in [0.4, 0.5) is 4.79 Å². The summed E-state index contributed by atoms with van der Waals surface area (Å²) in [5, 5.41) is 0. The molecular weight excluding hydrogens is 160 g/mol. The highest BCUT2D eigenvalue weighted by molar-refractivity contribution is 5.78. The summed E-state index contributed by atoms with van der Waals surface area (Å²) >= 11 is 0. The standard InChI is InChI=1S/C7H14N2O3/c1-3-9(4-2)7(11)12-5-6(8)10/h3-5H2,1-2H3,(H2,8,10). The number of nitrogens with zero attached hydrogens (tertiary/aromatic N) is 1. The molecule has 0 aliphatic carbocycles. The average Bonchev–Trinajstić information content (AvgIpc) is 2.03. The number of carbonyl (C=O) groups excluding carboxylic acids is 2. The molecule has 0 unspecified atom stereocenters. The Kier molecular flexibility index (Phi) is 4.83. The van der Waals surface area contributed by atoms with Gasteiger partial charge in [0.25, 0.3) is 5.91 Å². The highest BCUT2D eigenvalue weighted by atomic mass is 16.6. The van der Waals surface area contributed by atoms with E-state index >= 15 is 0 Å². The number of hydrogen-bond acceptors (Lipinski definition) is 3. The van der Waals surface area contributed by atoms with Gasteiger partial charge in [-0.3, -0.25) is 4.79 Å². The van der Waals surface area contributed by atoms with Crippen LogP contribution in [0.2, 0.25) is 0 Å². The Hall–Kier alpha value is -1.26. The summed E-state index contributed by atoms with van der Waals surface area (Å²) < 4.78 is 4.56. The van der Waals surface area contributed by atoms with Crippen molar-refractivity contribution in [1.82, 2.24) is 4.90 Å². The monoisotopic (exact) mass is 174 g/mol. The molecule has 0 fully saturated rings. The number of nitrogens with two attached hydrogens (primary N) is 1. The average molecular weight is 174 g/mol. The van der Waals surface area contributed by atoms with E-state index < -0.39 is 12.0 Å². The summed E-state index contributed by atoms with van der Waals surface area (Å²) in [6, 6.07) is 0. The van der Waals surface area contributed by atoms with E-state index in [2.05, 4.69) is 4.74 Å². The molecule has 0 rings (SSSR count). The molecular formula is C7H14N2O3. The highest BCUT2D eigenvalue weighted by Gasteiger charge is 2.10. The summed E-state index contributed by atoms with van der Waals surface area (Å²) in [4.78, 5) is 22.7. The number of amides is 2. The van der Waals surface area contributed by atoms with Gasteiger partial charge >= 0.3 is 6.09 Å². The van der Waals surface area contributed by atoms with Gasteiger partial charge in [-0.25, -0.2) is 4.79 Å². The van der Waals surface area contributed by atoms with Gasteiger partial charge in [0, 0.05) is 13.1 Å². The third kappa shape index (κ3) is 3.80. The van der Waals surface area contributed by atoms with Crippen molar-refractivity contribution < 1.29 is 14.3 Å². The van der Waals surface area contributed by atoms with Crippen LogP contribution in [0.5, 0.6) is 0 Å². The van der Waals surface area contributed by atoms with Crippen molar-refractivity contribution >= 4 is 12.0 Å². The van der Waals surface area contributed by atoms with Gasteiger partial charge in [-0.2, -0.15) is 0 Å². The van der Waals surface area contributed by atoms with Gasteiger partial charge in [-0.1, -0.05) is 0 Å². The van der Waals surface area contributed by atoms with E-state index in [1.807, 2.05) is 13.8 Å². The third-order valence-corrected chi connectivity index (χ3v) is 1.36. The molecule has 0 atom stereocenters. The molecule has 2 N–H and O–H groups in total. The van der Waals surface area contributed by atoms with Crippen LogP contribution in [0.3, 0.4) is 0 Å². The van der Waals surface area contributed by atoms with E-state index in [0.29, 0.717) is 13.1 Å². The largest absolute Gasteiger partial charge is 0.439 e. The van der Waals surface area contributed by atoms with Crippen LogP contribution in [0.25, 0.3) is 0 Å². The topological polar surface area (TPSA) is 72.6 Å². The van der Waals surface area contributed by atoms with E-state index in [0.717, 1.165) is 0 Å². The molecule has 0 aromatic carbocycles. The molecule has 0 aromatic rings. The first-order valence-corrected chi connectivity index (χ1v) is 3.81. The maximum atomic E-state index is 11.0. The third-order valence-electron chi connectivity index (χ3n) is 1.36. The highest BCUT2D eigenvalue weighted by Crippen LogP contribution is 1.92. The zero-order chi connectivity index (χ0) is 9.56. The van der Waals surface area contributed by atoms with Crippen LogP contribution >= 0.6 is 0 Å². The molecule has 0 aliphatic rings. The fraction of sp³-hybridized carbons (Fsp3) is 0.714. The Morgan fingerprint density at radius 3 is 2.17 bits per heavy atom. The van der Waals surface area contributed by atoms with Crippen LogP contribution in [0.15, 0.2) is 0 Å². The zero-order valence-electron chi connectivity index (χ0n) is 7.37. The molecule has 0 heterocycles. The minimum atomic E-state index is -0.643. The summed E-state index contributed by atoms with van der Waals surface area (Å²) in [7, 11) is 0. The van der Waals surface area contributed by atoms with Crippen molar-refractivity contribution in [3.63, 3.8) is 0 Å². The van der Waals surface area contributed by atoms with Crippen LogP contribution < -0.4 is 5.73 Å². The molecule has 12 heavy (non-hydrogen) atoms. The van der Waals surface area contributed by atoms with E-state index in [1.165, 1.54) is 4.90 Å². The lowest BCUT2D eigenvalue weighted by molar-refractivity contribution is -0.121. The summed E-state index contributed by atoms with van der Waals surface area (Å²) in [6.07, 6.45) is -0.501. The number of ether oxygens (including phenoxy) is 1. The zero-order valence-corrected chi connectivity index (χ0v) is 7.37. The van der Waals surface area contributed by atoms with Crippen LogP contribution in [0, 0.1) is 0 Å². The minimum absolute atomic E-state index is 0.352. The number of rotatable bonds is 4. The van der Waals surface area contributed by atoms with Crippen LogP contribution in [0.1, 0.15) is 13.8 Å². The predicted octanol–water partition coefficient (Wildman–Crippen LogP) is -0.0499. The Labute approximate surface area is 71.5 Å². The number of carbonyl (C=O) groups is 2. The van der Waals surface area contributed by atoms with Gasteiger partial charge in [0.15, 0.2) is 6.61 Å². The van der Waals surface area contributed by atoms with Gasteiger partial charge in [0.2, 0.25) is 0 Å². The van der Waals surface area contributed by atoms with Gasteiger partial charge in [-0.05, 0) is 13.8 Å². The number of primary amides is 1. The molecule has 0 saturated carbocycles. The quantitative estimate of drug-likeness (QED) is 0.649. The first-order valence-electron chi connectivity index (χ1n) is 3.81. The normalized spacial score (nSPS) is 9.17. The second kappa shape index (κ2) is 5.40. The maximum Gasteiger partial charge on any atom is 0.410 e. The second-order valence-electron chi connectivity index (χ2n) is 2.19. The van der Waals surface area contributed by atoms with Crippen molar-refractivity contribution in [1.29, 1.82) is 0 Å². The van der Waals surface area contributed by atoms with Crippen molar-refractivity contribution in [2.45, 2.75) is 13.8 Å². The molecule has 0 saturated heterocycles. The Balaban J connectivity index is 3.77.